The van der Waals surface area contributed by atoms with Crippen LogP contribution in [0, 0.1) is 0 Å². The van der Waals surface area contributed by atoms with E-state index in [-0.39, 0.29) is 0 Å². The van der Waals surface area contributed by atoms with E-state index in [2.05, 4.69) is 17.9 Å². The second kappa shape index (κ2) is 3.69. The normalized spacial score (nSPS) is 17.1. The third-order valence-electron chi connectivity index (χ3n) is 2.74. The molecule has 0 spiro atoms. The molecule has 0 unspecified atom stereocenters. The van der Waals surface area contributed by atoms with Crippen LogP contribution in [0.1, 0.15) is 18.1 Å². The van der Waals surface area contributed by atoms with Crippen molar-refractivity contribution in [2.45, 2.75) is 19.9 Å². The molecule has 0 amide bonds. The number of hydrogen-bond donors (Lipinski definition) is 0. The third kappa shape index (κ3) is 1.72. The summed E-state index contributed by atoms with van der Waals surface area (Å²) in [5.74, 6) is 0. The lowest BCUT2D eigenvalue weighted by molar-refractivity contribution is 0.268. The van der Waals surface area contributed by atoms with Crippen molar-refractivity contribution in [2.24, 2.45) is 0 Å². The lowest BCUT2D eigenvalue weighted by Gasteiger charge is -2.28. The number of halogens is 1. The number of fused-ring (bicyclic) bond motifs is 1. The first-order chi connectivity index (χ1) is 6.31. The van der Waals surface area contributed by atoms with E-state index in [0.29, 0.717) is 0 Å². The van der Waals surface area contributed by atoms with E-state index in [1.807, 2.05) is 12.1 Å². The first-order valence-corrected chi connectivity index (χ1v) is 5.17. The molecule has 1 aromatic rings. The fourth-order valence-electron chi connectivity index (χ4n) is 1.87. The summed E-state index contributed by atoms with van der Waals surface area (Å²) in [6, 6.07) is 6.22. The molecule has 1 nitrogen and oxygen atoms in total. The maximum absolute atomic E-state index is 6.14. The molecule has 0 N–H and O–H groups in total. The summed E-state index contributed by atoms with van der Waals surface area (Å²) < 4.78 is 0. The molecule has 13 heavy (non-hydrogen) atoms. The van der Waals surface area contributed by atoms with Crippen LogP contribution in [0.25, 0.3) is 0 Å². The smallest absolute Gasteiger partial charge is 0.0453 e. The third-order valence-corrected chi connectivity index (χ3v) is 3.10. The second-order valence-corrected chi connectivity index (χ2v) is 3.90. The number of rotatable bonds is 1. The van der Waals surface area contributed by atoms with Crippen molar-refractivity contribution >= 4 is 11.6 Å². The van der Waals surface area contributed by atoms with Crippen LogP contribution in [-0.4, -0.2) is 18.0 Å². The molecule has 0 radical (unpaired) electrons. The van der Waals surface area contributed by atoms with Crippen LogP contribution in [0.2, 0.25) is 5.02 Å². The monoisotopic (exact) mass is 195 g/mol. The van der Waals surface area contributed by atoms with Gasteiger partial charge in [-0.25, -0.2) is 0 Å². The van der Waals surface area contributed by atoms with Gasteiger partial charge >= 0.3 is 0 Å². The maximum Gasteiger partial charge on any atom is 0.0453 e. The molecular formula is C11H14ClN. The van der Waals surface area contributed by atoms with E-state index >= 15 is 0 Å². The number of hydrogen-bond acceptors (Lipinski definition) is 1. The van der Waals surface area contributed by atoms with E-state index in [1.165, 1.54) is 17.7 Å². The average molecular weight is 196 g/mol. The number of likely N-dealkylation sites (N-methyl/N-ethyl adjacent to an activating group) is 1. The summed E-state index contributed by atoms with van der Waals surface area (Å²) in [7, 11) is 0. The van der Waals surface area contributed by atoms with Crippen LogP contribution < -0.4 is 0 Å². The SMILES string of the molecule is CCN1CCc2cccc(Cl)c2C1. The van der Waals surface area contributed by atoms with E-state index < -0.39 is 0 Å². The number of nitrogens with zero attached hydrogens (tertiary/aromatic N) is 1. The lowest BCUT2D eigenvalue weighted by Crippen LogP contribution is -2.30. The van der Waals surface area contributed by atoms with Gasteiger partial charge in [-0.15, -0.1) is 0 Å². The van der Waals surface area contributed by atoms with Gasteiger partial charge in [0.05, 0.1) is 0 Å². The van der Waals surface area contributed by atoms with Gasteiger partial charge in [-0.2, -0.15) is 0 Å². The largest absolute Gasteiger partial charge is 0.299 e. The highest BCUT2D eigenvalue weighted by atomic mass is 35.5. The molecule has 1 aliphatic heterocycles. The Bertz CT molecular complexity index is 309. The van der Waals surface area contributed by atoms with Crippen LogP contribution in [0.15, 0.2) is 18.2 Å². The molecule has 0 saturated heterocycles. The Labute approximate surface area is 84.3 Å². The van der Waals surface area contributed by atoms with Crippen LogP contribution in [0.3, 0.4) is 0 Å². The van der Waals surface area contributed by atoms with Crippen molar-refractivity contribution in [3.63, 3.8) is 0 Å². The Morgan fingerprint density at radius 3 is 3.08 bits per heavy atom. The first kappa shape index (κ1) is 9.04. The number of benzene rings is 1. The standard InChI is InChI=1S/C11H14ClN/c1-2-13-7-6-9-4-3-5-11(12)10(9)8-13/h3-5H,2,6-8H2,1H3. The molecule has 2 heteroatoms. The Morgan fingerprint density at radius 2 is 2.31 bits per heavy atom. The fraction of sp³-hybridized carbons (Fsp3) is 0.455. The molecule has 0 saturated carbocycles. The zero-order chi connectivity index (χ0) is 9.26. The van der Waals surface area contributed by atoms with Gasteiger partial charge in [-0.1, -0.05) is 30.7 Å². The quantitative estimate of drug-likeness (QED) is 0.666. The molecule has 0 bridgehead atoms. The summed E-state index contributed by atoms with van der Waals surface area (Å²) in [5.41, 5.74) is 2.76. The van der Waals surface area contributed by atoms with Crippen LogP contribution in [0.4, 0.5) is 0 Å². The topological polar surface area (TPSA) is 3.24 Å². The van der Waals surface area contributed by atoms with Gasteiger partial charge in [-0.3, -0.25) is 4.90 Å². The molecular weight excluding hydrogens is 182 g/mol. The molecule has 1 aromatic carbocycles. The minimum absolute atomic E-state index is 0.927. The molecule has 0 fully saturated rings. The zero-order valence-electron chi connectivity index (χ0n) is 7.89. The van der Waals surface area contributed by atoms with Gasteiger partial charge in [0.2, 0.25) is 0 Å². The molecule has 0 aliphatic carbocycles. The fourth-order valence-corrected chi connectivity index (χ4v) is 2.12. The van der Waals surface area contributed by atoms with Crippen molar-refractivity contribution in [3.05, 3.63) is 34.3 Å². The molecule has 70 valence electrons. The van der Waals surface area contributed by atoms with Crippen molar-refractivity contribution < 1.29 is 0 Å². The van der Waals surface area contributed by atoms with Gasteiger partial charge in [0, 0.05) is 18.1 Å². The van der Waals surface area contributed by atoms with Crippen LogP contribution in [-0.2, 0) is 13.0 Å². The molecule has 0 aromatic heterocycles. The first-order valence-electron chi connectivity index (χ1n) is 4.80. The zero-order valence-corrected chi connectivity index (χ0v) is 8.64. The van der Waals surface area contributed by atoms with Gasteiger partial charge in [0.25, 0.3) is 0 Å². The minimum Gasteiger partial charge on any atom is -0.299 e. The Morgan fingerprint density at radius 1 is 1.46 bits per heavy atom. The molecule has 1 aliphatic rings. The Balaban J connectivity index is 2.32. The van der Waals surface area contributed by atoms with Crippen molar-refractivity contribution in [1.29, 1.82) is 0 Å². The Hall–Kier alpha value is -0.530. The van der Waals surface area contributed by atoms with E-state index in [1.54, 1.807) is 0 Å². The van der Waals surface area contributed by atoms with Gasteiger partial charge < -0.3 is 0 Å². The highest BCUT2D eigenvalue weighted by Crippen LogP contribution is 2.25. The summed E-state index contributed by atoms with van der Waals surface area (Å²) in [5, 5.41) is 0.927. The molecule has 0 atom stereocenters. The summed E-state index contributed by atoms with van der Waals surface area (Å²) in [4.78, 5) is 2.42. The lowest BCUT2D eigenvalue weighted by atomic mass is 10.00. The van der Waals surface area contributed by atoms with Crippen molar-refractivity contribution in [2.75, 3.05) is 13.1 Å². The predicted octanol–water partition coefficient (Wildman–Crippen LogP) is 2.72. The minimum atomic E-state index is 0.927. The summed E-state index contributed by atoms with van der Waals surface area (Å²) in [6.45, 7) is 5.50. The highest BCUT2D eigenvalue weighted by Gasteiger charge is 2.16. The average Bonchev–Trinajstić information content (AvgIpc) is 2.18. The second-order valence-electron chi connectivity index (χ2n) is 3.50. The van der Waals surface area contributed by atoms with E-state index in [9.17, 15) is 0 Å². The van der Waals surface area contributed by atoms with Gasteiger partial charge in [0.15, 0.2) is 0 Å². The van der Waals surface area contributed by atoms with Crippen LogP contribution in [0.5, 0.6) is 0 Å². The highest BCUT2D eigenvalue weighted by molar-refractivity contribution is 6.31. The Kier molecular flexibility index (Phi) is 2.56. The van der Waals surface area contributed by atoms with Crippen LogP contribution >= 0.6 is 11.6 Å². The van der Waals surface area contributed by atoms with Crippen molar-refractivity contribution in [1.82, 2.24) is 4.90 Å². The maximum atomic E-state index is 6.14. The van der Waals surface area contributed by atoms with E-state index in [4.69, 9.17) is 11.6 Å². The molecule has 1 heterocycles. The summed E-state index contributed by atoms with van der Waals surface area (Å²) in [6.07, 6.45) is 1.14. The summed E-state index contributed by atoms with van der Waals surface area (Å²) >= 11 is 6.14. The van der Waals surface area contributed by atoms with Gasteiger partial charge in [0.1, 0.15) is 0 Å². The van der Waals surface area contributed by atoms with Crippen molar-refractivity contribution in [3.8, 4) is 0 Å². The van der Waals surface area contributed by atoms with E-state index in [0.717, 1.165) is 24.5 Å². The molecule has 2 rings (SSSR count). The van der Waals surface area contributed by atoms with Gasteiger partial charge in [-0.05, 0) is 30.2 Å². The predicted molar refractivity (Wildman–Crippen MR) is 56.1 cm³/mol.